The molecule has 0 bridgehead atoms. The third kappa shape index (κ3) is 1.72. The molecule has 2 heterocycles. The summed E-state index contributed by atoms with van der Waals surface area (Å²) in [6.45, 7) is 0. The first-order valence-corrected chi connectivity index (χ1v) is 5.31. The molecule has 4 nitrogen and oxygen atoms in total. The molecule has 0 unspecified atom stereocenters. The predicted molar refractivity (Wildman–Crippen MR) is 63.9 cm³/mol. The first-order valence-electron chi connectivity index (χ1n) is 4.93. The summed E-state index contributed by atoms with van der Waals surface area (Å²) in [4.78, 5) is 8.26. The molecule has 0 fully saturated rings. The average Bonchev–Trinajstić information content (AvgIpc) is 2.74. The summed E-state index contributed by atoms with van der Waals surface area (Å²) in [6.07, 6.45) is 1.42. The van der Waals surface area contributed by atoms with E-state index < -0.39 is 0 Å². The van der Waals surface area contributed by atoms with Gasteiger partial charge in [-0.2, -0.15) is 0 Å². The van der Waals surface area contributed by atoms with Gasteiger partial charge in [-0.05, 0) is 35.9 Å². The molecule has 0 radical (unpaired) electrons. The van der Waals surface area contributed by atoms with Gasteiger partial charge in [0, 0.05) is 11.5 Å². The molecule has 17 heavy (non-hydrogen) atoms. The second-order valence-corrected chi connectivity index (χ2v) is 3.90. The molecule has 1 aromatic carbocycles. The largest absolute Gasteiger partial charge is 0.508 e. The van der Waals surface area contributed by atoms with Gasteiger partial charge >= 0.3 is 0 Å². The number of benzene rings is 1. The SMILES string of the molecule is Oc1ccc2c(-c3ccc(Cl)o3)ncnc2c1. The lowest BCUT2D eigenvalue weighted by molar-refractivity contribution is 0.476. The number of furan rings is 1. The molecule has 0 aliphatic rings. The Kier molecular flexibility index (Phi) is 2.23. The van der Waals surface area contributed by atoms with Crippen molar-refractivity contribution in [1.29, 1.82) is 0 Å². The first kappa shape index (κ1) is 10.1. The van der Waals surface area contributed by atoms with E-state index in [-0.39, 0.29) is 5.75 Å². The zero-order chi connectivity index (χ0) is 11.8. The average molecular weight is 247 g/mol. The molecule has 84 valence electrons. The van der Waals surface area contributed by atoms with Crippen LogP contribution in [0.2, 0.25) is 5.22 Å². The minimum atomic E-state index is 0.166. The molecular formula is C12H7ClN2O2. The second-order valence-electron chi connectivity index (χ2n) is 3.53. The van der Waals surface area contributed by atoms with Crippen molar-refractivity contribution < 1.29 is 9.52 Å². The topological polar surface area (TPSA) is 59.2 Å². The maximum Gasteiger partial charge on any atom is 0.194 e. The monoisotopic (exact) mass is 246 g/mol. The van der Waals surface area contributed by atoms with Gasteiger partial charge in [-0.15, -0.1) is 0 Å². The Morgan fingerprint density at radius 2 is 2.00 bits per heavy atom. The third-order valence-corrected chi connectivity index (χ3v) is 2.63. The molecule has 0 amide bonds. The van der Waals surface area contributed by atoms with Crippen molar-refractivity contribution in [2.24, 2.45) is 0 Å². The minimum Gasteiger partial charge on any atom is -0.508 e. The van der Waals surface area contributed by atoms with Gasteiger partial charge < -0.3 is 9.52 Å². The third-order valence-electron chi connectivity index (χ3n) is 2.43. The van der Waals surface area contributed by atoms with E-state index in [1.54, 1.807) is 30.3 Å². The number of halogens is 1. The van der Waals surface area contributed by atoms with Crippen LogP contribution in [-0.4, -0.2) is 15.1 Å². The van der Waals surface area contributed by atoms with Crippen molar-refractivity contribution >= 4 is 22.5 Å². The van der Waals surface area contributed by atoms with E-state index >= 15 is 0 Å². The fourth-order valence-electron chi connectivity index (χ4n) is 1.68. The quantitative estimate of drug-likeness (QED) is 0.716. The highest BCUT2D eigenvalue weighted by Gasteiger charge is 2.10. The highest BCUT2D eigenvalue weighted by Crippen LogP contribution is 2.29. The molecule has 2 aromatic heterocycles. The Morgan fingerprint density at radius 3 is 2.76 bits per heavy atom. The zero-order valence-corrected chi connectivity index (χ0v) is 9.35. The van der Waals surface area contributed by atoms with Crippen molar-refractivity contribution in [3.05, 3.63) is 41.9 Å². The van der Waals surface area contributed by atoms with Crippen LogP contribution >= 0.6 is 11.6 Å². The van der Waals surface area contributed by atoms with E-state index in [4.69, 9.17) is 16.0 Å². The standard InChI is InChI=1S/C12H7ClN2O2/c13-11-4-3-10(17-11)12-8-2-1-7(16)5-9(8)14-6-15-12/h1-6,16H. The number of nitrogens with zero attached hydrogens (tertiary/aromatic N) is 2. The Labute approximate surface area is 102 Å². The Balaban J connectivity index is 2.30. The lowest BCUT2D eigenvalue weighted by atomic mass is 10.1. The van der Waals surface area contributed by atoms with Crippen LogP contribution in [0.4, 0.5) is 0 Å². The fourth-order valence-corrected chi connectivity index (χ4v) is 1.83. The van der Waals surface area contributed by atoms with Gasteiger partial charge in [0.05, 0.1) is 5.52 Å². The second kappa shape index (κ2) is 3.75. The van der Waals surface area contributed by atoms with Gasteiger partial charge in [-0.3, -0.25) is 0 Å². The Morgan fingerprint density at radius 1 is 1.12 bits per heavy atom. The first-order chi connectivity index (χ1) is 8.24. The summed E-state index contributed by atoms with van der Waals surface area (Å²) >= 11 is 5.74. The molecule has 3 aromatic rings. The molecule has 0 atom stereocenters. The number of aromatic nitrogens is 2. The molecule has 0 aliphatic heterocycles. The van der Waals surface area contributed by atoms with E-state index in [1.807, 2.05) is 0 Å². The van der Waals surface area contributed by atoms with Crippen molar-refractivity contribution in [2.75, 3.05) is 0 Å². The maximum absolute atomic E-state index is 9.39. The van der Waals surface area contributed by atoms with E-state index in [1.165, 1.54) is 6.33 Å². The van der Waals surface area contributed by atoms with Gasteiger partial charge in [-0.1, -0.05) is 0 Å². The van der Waals surface area contributed by atoms with Crippen LogP contribution in [0, 0.1) is 0 Å². The highest BCUT2D eigenvalue weighted by atomic mass is 35.5. The fraction of sp³-hybridized carbons (Fsp3) is 0. The molecule has 5 heteroatoms. The number of phenols is 1. The van der Waals surface area contributed by atoms with Gasteiger partial charge in [0.15, 0.2) is 11.0 Å². The number of phenolic OH excluding ortho intramolecular Hbond substituents is 1. The van der Waals surface area contributed by atoms with Gasteiger partial charge in [-0.25, -0.2) is 9.97 Å². The number of hydrogen-bond donors (Lipinski definition) is 1. The number of aromatic hydroxyl groups is 1. The highest BCUT2D eigenvalue weighted by molar-refractivity contribution is 6.29. The van der Waals surface area contributed by atoms with Crippen LogP contribution in [0.5, 0.6) is 5.75 Å². The summed E-state index contributed by atoms with van der Waals surface area (Å²) in [5.41, 5.74) is 1.31. The van der Waals surface area contributed by atoms with Crippen LogP contribution < -0.4 is 0 Å². The van der Waals surface area contributed by atoms with Gasteiger partial charge in [0.25, 0.3) is 0 Å². The summed E-state index contributed by atoms with van der Waals surface area (Å²) in [6, 6.07) is 8.31. The Bertz CT molecular complexity index is 694. The molecule has 3 rings (SSSR count). The van der Waals surface area contributed by atoms with Crippen LogP contribution in [-0.2, 0) is 0 Å². The van der Waals surface area contributed by atoms with Crippen molar-refractivity contribution in [1.82, 2.24) is 9.97 Å². The molecule has 1 N–H and O–H groups in total. The number of hydrogen-bond acceptors (Lipinski definition) is 4. The van der Waals surface area contributed by atoms with E-state index in [0.29, 0.717) is 22.2 Å². The van der Waals surface area contributed by atoms with Gasteiger partial charge in [0.1, 0.15) is 17.8 Å². The van der Waals surface area contributed by atoms with Crippen molar-refractivity contribution in [3.8, 4) is 17.2 Å². The lowest BCUT2D eigenvalue weighted by Crippen LogP contribution is -1.87. The normalized spacial score (nSPS) is 10.9. The maximum atomic E-state index is 9.39. The van der Waals surface area contributed by atoms with E-state index in [2.05, 4.69) is 9.97 Å². The predicted octanol–water partition coefficient (Wildman–Crippen LogP) is 3.25. The summed E-state index contributed by atoms with van der Waals surface area (Å²) in [5, 5.41) is 10.5. The van der Waals surface area contributed by atoms with Crippen molar-refractivity contribution in [2.45, 2.75) is 0 Å². The molecule has 0 spiro atoms. The number of rotatable bonds is 1. The molecule has 0 saturated heterocycles. The smallest absolute Gasteiger partial charge is 0.194 e. The lowest BCUT2D eigenvalue weighted by Gasteiger charge is -2.02. The van der Waals surface area contributed by atoms with E-state index in [9.17, 15) is 5.11 Å². The summed E-state index contributed by atoms with van der Waals surface area (Å²) < 4.78 is 5.32. The van der Waals surface area contributed by atoms with Crippen LogP contribution in [0.3, 0.4) is 0 Å². The zero-order valence-electron chi connectivity index (χ0n) is 8.59. The van der Waals surface area contributed by atoms with Crippen LogP contribution in [0.25, 0.3) is 22.4 Å². The molecular weight excluding hydrogens is 240 g/mol. The molecule has 0 saturated carbocycles. The summed E-state index contributed by atoms with van der Waals surface area (Å²) in [5.74, 6) is 0.743. The van der Waals surface area contributed by atoms with E-state index in [0.717, 1.165) is 5.39 Å². The summed E-state index contributed by atoms with van der Waals surface area (Å²) in [7, 11) is 0. The van der Waals surface area contributed by atoms with Gasteiger partial charge in [0.2, 0.25) is 0 Å². The molecule has 0 aliphatic carbocycles. The van der Waals surface area contributed by atoms with Crippen LogP contribution in [0.15, 0.2) is 41.1 Å². The minimum absolute atomic E-state index is 0.166. The van der Waals surface area contributed by atoms with Crippen molar-refractivity contribution in [3.63, 3.8) is 0 Å². The van der Waals surface area contributed by atoms with Crippen LogP contribution in [0.1, 0.15) is 0 Å². The Hall–Kier alpha value is -2.07. The number of fused-ring (bicyclic) bond motifs is 1.